The summed E-state index contributed by atoms with van der Waals surface area (Å²) >= 11 is 0. The number of rotatable bonds is 7. The van der Waals surface area contributed by atoms with Gasteiger partial charge in [0.2, 0.25) is 0 Å². The molecule has 2 fully saturated rings. The molecule has 5 rings (SSSR count). The summed E-state index contributed by atoms with van der Waals surface area (Å²) in [5.41, 5.74) is 3.64. The van der Waals surface area contributed by atoms with E-state index in [1.165, 1.54) is 12.5 Å². The number of nitrogens with zero attached hydrogens (tertiary/aromatic N) is 3. The highest BCUT2D eigenvalue weighted by Crippen LogP contribution is 2.43. The predicted octanol–water partition coefficient (Wildman–Crippen LogP) is 4.63. The molecule has 1 N–H and O–H groups in total. The first-order chi connectivity index (χ1) is 21.6. The first-order valence-electron chi connectivity index (χ1n) is 15.9. The largest absolute Gasteiger partial charge is 0.466 e. The third-order valence-electron chi connectivity index (χ3n) is 9.21. The number of ether oxygens (including phenoxy) is 2. The summed E-state index contributed by atoms with van der Waals surface area (Å²) < 4.78 is 11.0. The fourth-order valence-electron chi connectivity index (χ4n) is 6.59. The molecular weight excluding hydrogens is 564 g/mol. The van der Waals surface area contributed by atoms with Crippen molar-refractivity contribution in [2.45, 2.75) is 50.3 Å². The van der Waals surface area contributed by atoms with E-state index >= 15 is 0 Å². The lowest BCUT2D eigenvalue weighted by Crippen LogP contribution is -2.69. The molecular formula is C37H46N4O4. The fraction of sp³-hybridized carbons (Fsp3) is 0.459. The van der Waals surface area contributed by atoms with Crippen LogP contribution in [-0.2, 0) is 14.3 Å². The van der Waals surface area contributed by atoms with Crippen LogP contribution in [0, 0.1) is 17.8 Å². The maximum Gasteiger partial charge on any atom is 0.321 e. The molecule has 8 nitrogen and oxygen atoms in total. The number of esters is 1. The number of benzene rings is 2. The molecule has 0 radical (unpaired) electrons. The van der Waals surface area contributed by atoms with E-state index < -0.39 is 0 Å². The number of carbonyl (C=O) groups excluding carboxylic acids is 2. The lowest BCUT2D eigenvalue weighted by molar-refractivity contribution is -0.143. The highest BCUT2D eigenvalue weighted by molar-refractivity contribution is 5.77. The zero-order valence-corrected chi connectivity index (χ0v) is 27.2. The van der Waals surface area contributed by atoms with Crippen LogP contribution in [-0.4, -0.2) is 98.4 Å². The maximum atomic E-state index is 13.8. The number of fused-ring (bicyclic) bond motifs is 1. The number of amides is 2. The second-order valence-electron chi connectivity index (χ2n) is 12.9. The predicted molar refractivity (Wildman–Crippen MR) is 177 cm³/mol. The van der Waals surface area contributed by atoms with Gasteiger partial charge in [-0.15, -0.1) is 0 Å². The Morgan fingerprint density at radius 2 is 1.76 bits per heavy atom. The number of carbonyl (C=O) groups is 2. The summed E-state index contributed by atoms with van der Waals surface area (Å²) in [6.45, 7) is 6.67. The highest BCUT2D eigenvalue weighted by Gasteiger charge is 2.50. The van der Waals surface area contributed by atoms with Crippen molar-refractivity contribution in [2.75, 3.05) is 54.0 Å². The Morgan fingerprint density at radius 1 is 1.04 bits per heavy atom. The Morgan fingerprint density at radius 3 is 2.38 bits per heavy atom. The van der Waals surface area contributed by atoms with E-state index in [4.69, 9.17) is 9.47 Å². The SMILES string of the molecule is COC1(C)C=CC(NC(=O)N2CC(COC(C)=O)CCN3[C@H](CN(C)C)[C@H](c4ccc(C#Cc5ccccc5)cc4)[C@@H]3C2)=CC1. The standard InChI is InChI=1S/C37H46N4O4/c1-27(42)45-26-30-19-22-41-33(24-39(3)4)35(31-15-13-29(14-16-31)12-11-28-9-7-6-8-10-28)34(41)25-40(23-30)36(43)38-32-17-20-37(2,44-5)21-18-32/h6-10,13-18,20,30,33-35H,19,21-26H2,1-5H3,(H,38,43)/t30?,33-,34+,35+,37?/m1/s1. The van der Waals surface area contributed by atoms with Crippen molar-refractivity contribution < 1.29 is 19.1 Å². The van der Waals surface area contributed by atoms with Crippen molar-refractivity contribution >= 4 is 12.0 Å². The first kappa shape index (κ1) is 32.5. The normalized spacial score (nSPS) is 26.4. The second-order valence-corrected chi connectivity index (χ2v) is 12.9. The minimum absolute atomic E-state index is 0.0507. The van der Waals surface area contributed by atoms with E-state index in [1.54, 1.807) is 7.11 Å². The summed E-state index contributed by atoms with van der Waals surface area (Å²) in [6.07, 6.45) is 7.44. The van der Waals surface area contributed by atoms with Crippen LogP contribution < -0.4 is 5.32 Å². The van der Waals surface area contributed by atoms with Gasteiger partial charge in [-0.3, -0.25) is 9.69 Å². The minimum atomic E-state index is -0.367. The molecule has 1 aliphatic carbocycles. The fourth-order valence-corrected chi connectivity index (χ4v) is 6.59. The maximum absolute atomic E-state index is 13.8. The van der Waals surface area contributed by atoms with E-state index in [9.17, 15) is 9.59 Å². The Balaban J connectivity index is 1.37. The highest BCUT2D eigenvalue weighted by atomic mass is 16.5. The molecule has 0 spiro atoms. The van der Waals surface area contributed by atoms with Crippen LogP contribution in [0.4, 0.5) is 4.79 Å². The summed E-state index contributed by atoms with van der Waals surface area (Å²) in [5.74, 6) is 6.56. The molecule has 0 saturated carbocycles. The molecule has 0 bridgehead atoms. The Kier molecular flexibility index (Phi) is 10.4. The summed E-state index contributed by atoms with van der Waals surface area (Å²) in [4.78, 5) is 32.2. The van der Waals surface area contributed by atoms with Gasteiger partial charge in [-0.2, -0.15) is 0 Å². The zero-order chi connectivity index (χ0) is 32.0. The van der Waals surface area contributed by atoms with Crippen LogP contribution >= 0.6 is 0 Å². The number of hydrogen-bond donors (Lipinski definition) is 1. The molecule has 238 valence electrons. The average molecular weight is 611 g/mol. The summed E-state index contributed by atoms with van der Waals surface area (Å²) in [7, 11) is 5.92. The van der Waals surface area contributed by atoms with Crippen molar-refractivity contribution in [1.82, 2.24) is 20.0 Å². The number of urea groups is 1. The van der Waals surface area contributed by atoms with Crippen LogP contribution in [0.15, 0.2) is 78.5 Å². The van der Waals surface area contributed by atoms with Gasteiger partial charge in [0.05, 0.1) is 12.2 Å². The van der Waals surface area contributed by atoms with Gasteiger partial charge in [0, 0.05) is 80.8 Å². The quantitative estimate of drug-likeness (QED) is 0.364. The Bertz CT molecular complexity index is 1460. The monoisotopic (exact) mass is 610 g/mol. The van der Waals surface area contributed by atoms with Crippen LogP contribution in [0.2, 0.25) is 0 Å². The molecule has 5 atom stereocenters. The van der Waals surface area contributed by atoms with Crippen LogP contribution in [0.5, 0.6) is 0 Å². The zero-order valence-electron chi connectivity index (χ0n) is 27.2. The molecule has 8 heteroatoms. The molecule has 0 aromatic heterocycles. The Labute approximate surface area is 268 Å². The van der Waals surface area contributed by atoms with Gasteiger partial charge < -0.3 is 24.6 Å². The van der Waals surface area contributed by atoms with Gasteiger partial charge in [0.1, 0.15) is 0 Å². The average Bonchev–Trinajstić information content (AvgIpc) is 3.02. The van der Waals surface area contributed by atoms with Crippen LogP contribution in [0.1, 0.15) is 49.3 Å². The van der Waals surface area contributed by atoms with Crippen molar-refractivity contribution in [2.24, 2.45) is 5.92 Å². The van der Waals surface area contributed by atoms with E-state index in [1.807, 2.05) is 60.4 Å². The topological polar surface area (TPSA) is 74.3 Å². The summed E-state index contributed by atoms with van der Waals surface area (Å²) in [6, 6.07) is 19.0. The molecule has 2 heterocycles. The smallest absolute Gasteiger partial charge is 0.321 e. The summed E-state index contributed by atoms with van der Waals surface area (Å²) in [5, 5.41) is 3.13. The van der Waals surface area contributed by atoms with E-state index in [2.05, 4.69) is 65.3 Å². The molecule has 3 aliphatic rings. The van der Waals surface area contributed by atoms with Crippen molar-refractivity contribution in [3.05, 3.63) is 95.2 Å². The molecule has 2 unspecified atom stereocenters. The minimum Gasteiger partial charge on any atom is -0.466 e. The lowest BCUT2D eigenvalue weighted by Gasteiger charge is -2.58. The number of likely N-dealkylation sites (N-methyl/N-ethyl adjacent to an activating group) is 1. The van der Waals surface area contributed by atoms with Gasteiger partial charge in [-0.05, 0) is 69.9 Å². The number of methoxy groups -OCH3 is 1. The molecule has 2 saturated heterocycles. The van der Waals surface area contributed by atoms with Crippen molar-refractivity contribution in [3.63, 3.8) is 0 Å². The van der Waals surface area contributed by atoms with E-state index in [0.29, 0.717) is 32.2 Å². The van der Waals surface area contributed by atoms with E-state index in [0.717, 1.165) is 36.3 Å². The van der Waals surface area contributed by atoms with Crippen molar-refractivity contribution in [1.29, 1.82) is 0 Å². The molecule has 2 aromatic rings. The van der Waals surface area contributed by atoms with Gasteiger partial charge in [0.15, 0.2) is 0 Å². The van der Waals surface area contributed by atoms with Gasteiger partial charge in [0.25, 0.3) is 0 Å². The molecule has 2 amide bonds. The van der Waals surface area contributed by atoms with Gasteiger partial charge in [-0.1, -0.05) is 54.3 Å². The van der Waals surface area contributed by atoms with Crippen LogP contribution in [0.3, 0.4) is 0 Å². The third kappa shape index (κ3) is 8.23. The van der Waals surface area contributed by atoms with Crippen LogP contribution in [0.25, 0.3) is 0 Å². The molecule has 2 aromatic carbocycles. The Hall–Kier alpha value is -3.90. The second kappa shape index (κ2) is 14.5. The number of nitrogens with one attached hydrogen (secondary N) is 1. The molecule has 2 aliphatic heterocycles. The lowest BCUT2D eigenvalue weighted by atomic mass is 9.73. The van der Waals surface area contributed by atoms with Gasteiger partial charge >= 0.3 is 12.0 Å². The van der Waals surface area contributed by atoms with Gasteiger partial charge in [-0.25, -0.2) is 4.79 Å². The third-order valence-corrected chi connectivity index (χ3v) is 9.21. The number of allylic oxidation sites excluding steroid dienone is 1. The number of hydrogen-bond acceptors (Lipinski definition) is 6. The van der Waals surface area contributed by atoms with E-state index in [-0.39, 0.29) is 35.5 Å². The first-order valence-corrected chi connectivity index (χ1v) is 15.9. The molecule has 45 heavy (non-hydrogen) atoms. The van der Waals surface area contributed by atoms with Crippen molar-refractivity contribution in [3.8, 4) is 11.8 Å².